The van der Waals surface area contributed by atoms with E-state index in [1.54, 1.807) is 0 Å². The Labute approximate surface area is 81.3 Å². The minimum absolute atomic E-state index is 0.0690. The lowest BCUT2D eigenvalue weighted by Gasteiger charge is -2.34. The van der Waals surface area contributed by atoms with Crippen LogP contribution < -0.4 is 5.73 Å². The first-order chi connectivity index (χ1) is 5.93. The molecule has 13 heavy (non-hydrogen) atoms. The number of nitrogens with two attached hydrogens (primary N) is 1. The van der Waals surface area contributed by atoms with Gasteiger partial charge in [0.2, 0.25) is 5.91 Å². The van der Waals surface area contributed by atoms with E-state index in [2.05, 4.69) is 20.8 Å². The number of hydrogen-bond donors (Lipinski definition) is 1. The highest BCUT2D eigenvalue weighted by molar-refractivity contribution is 5.76. The predicted octanol–water partition coefficient (Wildman–Crippen LogP) is 1.37. The quantitative estimate of drug-likeness (QED) is 0.721. The molecule has 0 aromatic rings. The first-order valence-corrected chi connectivity index (χ1v) is 4.94. The van der Waals surface area contributed by atoms with Crippen molar-refractivity contribution in [2.75, 3.05) is 13.1 Å². The lowest BCUT2D eigenvalue weighted by atomic mass is 10.1. The van der Waals surface area contributed by atoms with Gasteiger partial charge in [-0.3, -0.25) is 4.79 Å². The van der Waals surface area contributed by atoms with Gasteiger partial charge in [0, 0.05) is 18.5 Å². The van der Waals surface area contributed by atoms with E-state index in [1.165, 1.54) is 0 Å². The number of carbonyl (C=O) groups excluding carboxylic acids is 1. The molecule has 0 spiro atoms. The van der Waals surface area contributed by atoms with Crippen LogP contribution in [0.5, 0.6) is 0 Å². The predicted molar refractivity (Wildman–Crippen MR) is 55.4 cm³/mol. The summed E-state index contributed by atoms with van der Waals surface area (Å²) in [7, 11) is 0. The summed E-state index contributed by atoms with van der Waals surface area (Å²) in [5.74, 6) is 0.209. The summed E-state index contributed by atoms with van der Waals surface area (Å²) in [6, 6.07) is 0. The highest BCUT2D eigenvalue weighted by Gasteiger charge is 2.23. The number of amides is 1. The summed E-state index contributed by atoms with van der Waals surface area (Å²) < 4.78 is 0. The molecule has 0 aliphatic carbocycles. The number of hydrogen-bond acceptors (Lipinski definition) is 2. The Bertz CT molecular complexity index is 161. The maximum Gasteiger partial charge on any atom is 0.223 e. The summed E-state index contributed by atoms with van der Waals surface area (Å²) in [6.07, 6.45) is 1.35. The molecule has 0 aromatic heterocycles. The van der Waals surface area contributed by atoms with Gasteiger partial charge in [-0.25, -0.2) is 0 Å². The maximum atomic E-state index is 11.7. The SMILES string of the molecule is CCN(C(=O)CCCN)C(C)(C)C. The summed E-state index contributed by atoms with van der Waals surface area (Å²) in [4.78, 5) is 13.5. The van der Waals surface area contributed by atoms with Crippen LogP contribution in [0.25, 0.3) is 0 Å². The summed E-state index contributed by atoms with van der Waals surface area (Å²) in [6.45, 7) is 9.52. The normalized spacial score (nSPS) is 11.5. The standard InChI is InChI=1S/C10H22N2O/c1-5-12(10(2,3)4)9(13)7-6-8-11/h5-8,11H2,1-4H3. The van der Waals surface area contributed by atoms with Crippen LogP contribution in [0.3, 0.4) is 0 Å². The summed E-state index contributed by atoms with van der Waals surface area (Å²) >= 11 is 0. The second-order valence-corrected chi connectivity index (χ2v) is 4.20. The highest BCUT2D eigenvalue weighted by Crippen LogP contribution is 2.14. The Balaban J connectivity index is 4.16. The van der Waals surface area contributed by atoms with Gasteiger partial charge in [0.15, 0.2) is 0 Å². The van der Waals surface area contributed by atoms with Gasteiger partial charge in [0.1, 0.15) is 0 Å². The number of carbonyl (C=O) groups is 1. The first-order valence-electron chi connectivity index (χ1n) is 4.94. The van der Waals surface area contributed by atoms with Crippen LogP contribution in [-0.2, 0) is 4.79 Å². The van der Waals surface area contributed by atoms with E-state index in [0.29, 0.717) is 13.0 Å². The van der Waals surface area contributed by atoms with Gasteiger partial charge in [-0.15, -0.1) is 0 Å². The fourth-order valence-corrected chi connectivity index (χ4v) is 1.41. The molecule has 0 fully saturated rings. The van der Waals surface area contributed by atoms with Crippen molar-refractivity contribution in [3.63, 3.8) is 0 Å². The fraction of sp³-hybridized carbons (Fsp3) is 0.900. The maximum absolute atomic E-state index is 11.7. The van der Waals surface area contributed by atoms with Crippen molar-refractivity contribution < 1.29 is 4.79 Å². The van der Waals surface area contributed by atoms with Gasteiger partial charge in [-0.05, 0) is 40.7 Å². The van der Waals surface area contributed by atoms with E-state index in [0.717, 1.165) is 13.0 Å². The molecule has 0 aliphatic rings. The second-order valence-electron chi connectivity index (χ2n) is 4.20. The lowest BCUT2D eigenvalue weighted by molar-refractivity contribution is -0.135. The molecule has 0 atom stereocenters. The molecule has 0 rings (SSSR count). The van der Waals surface area contributed by atoms with Crippen LogP contribution in [-0.4, -0.2) is 29.4 Å². The smallest absolute Gasteiger partial charge is 0.223 e. The van der Waals surface area contributed by atoms with Crippen LogP contribution in [0.1, 0.15) is 40.5 Å². The van der Waals surface area contributed by atoms with Crippen LogP contribution in [0.2, 0.25) is 0 Å². The van der Waals surface area contributed by atoms with E-state index >= 15 is 0 Å². The van der Waals surface area contributed by atoms with Crippen LogP contribution >= 0.6 is 0 Å². The Morgan fingerprint density at radius 1 is 1.38 bits per heavy atom. The molecule has 0 aromatic carbocycles. The molecule has 0 aliphatic heterocycles. The Morgan fingerprint density at radius 3 is 2.23 bits per heavy atom. The van der Waals surface area contributed by atoms with Gasteiger partial charge < -0.3 is 10.6 Å². The molecule has 2 N–H and O–H groups in total. The topological polar surface area (TPSA) is 46.3 Å². The van der Waals surface area contributed by atoms with Crippen molar-refractivity contribution in [2.45, 2.75) is 46.1 Å². The van der Waals surface area contributed by atoms with E-state index in [4.69, 9.17) is 5.73 Å². The summed E-state index contributed by atoms with van der Waals surface area (Å²) in [5.41, 5.74) is 5.29. The summed E-state index contributed by atoms with van der Waals surface area (Å²) in [5, 5.41) is 0. The lowest BCUT2D eigenvalue weighted by Crippen LogP contribution is -2.45. The molecular formula is C10H22N2O. The molecule has 3 nitrogen and oxygen atoms in total. The zero-order chi connectivity index (χ0) is 10.5. The van der Waals surface area contributed by atoms with Crippen LogP contribution in [0.4, 0.5) is 0 Å². The highest BCUT2D eigenvalue weighted by atomic mass is 16.2. The molecule has 0 radical (unpaired) electrons. The van der Waals surface area contributed by atoms with Crippen molar-refractivity contribution in [2.24, 2.45) is 5.73 Å². The van der Waals surface area contributed by atoms with Gasteiger partial charge in [0.25, 0.3) is 0 Å². The molecule has 3 heteroatoms. The van der Waals surface area contributed by atoms with Crippen molar-refractivity contribution >= 4 is 5.91 Å². The van der Waals surface area contributed by atoms with Crippen LogP contribution in [0.15, 0.2) is 0 Å². The van der Waals surface area contributed by atoms with Crippen LogP contribution in [0, 0.1) is 0 Å². The Kier molecular flexibility index (Phi) is 4.99. The van der Waals surface area contributed by atoms with Gasteiger partial charge in [-0.1, -0.05) is 0 Å². The average Bonchev–Trinajstić information content (AvgIpc) is 1.99. The minimum atomic E-state index is -0.0690. The van der Waals surface area contributed by atoms with Crippen molar-refractivity contribution in [1.82, 2.24) is 4.90 Å². The zero-order valence-electron chi connectivity index (χ0n) is 9.26. The van der Waals surface area contributed by atoms with E-state index < -0.39 is 0 Å². The van der Waals surface area contributed by atoms with Crippen molar-refractivity contribution in [3.05, 3.63) is 0 Å². The Morgan fingerprint density at radius 2 is 1.92 bits per heavy atom. The first kappa shape index (κ1) is 12.4. The van der Waals surface area contributed by atoms with Gasteiger partial charge >= 0.3 is 0 Å². The minimum Gasteiger partial charge on any atom is -0.338 e. The number of rotatable bonds is 4. The van der Waals surface area contributed by atoms with Gasteiger partial charge in [-0.2, -0.15) is 0 Å². The van der Waals surface area contributed by atoms with E-state index in [1.807, 2.05) is 11.8 Å². The number of nitrogens with zero attached hydrogens (tertiary/aromatic N) is 1. The van der Waals surface area contributed by atoms with Crippen molar-refractivity contribution in [1.29, 1.82) is 0 Å². The van der Waals surface area contributed by atoms with Gasteiger partial charge in [0.05, 0.1) is 0 Å². The molecule has 0 bridgehead atoms. The molecule has 0 saturated carbocycles. The van der Waals surface area contributed by atoms with E-state index in [9.17, 15) is 4.79 Å². The van der Waals surface area contributed by atoms with E-state index in [-0.39, 0.29) is 11.4 Å². The molecule has 78 valence electrons. The molecular weight excluding hydrogens is 164 g/mol. The second kappa shape index (κ2) is 5.22. The Hall–Kier alpha value is -0.570. The third kappa shape index (κ3) is 4.27. The molecule has 0 heterocycles. The third-order valence-electron chi connectivity index (χ3n) is 2.02. The largest absolute Gasteiger partial charge is 0.338 e. The molecule has 0 saturated heterocycles. The van der Waals surface area contributed by atoms with Crippen molar-refractivity contribution in [3.8, 4) is 0 Å². The average molecular weight is 186 g/mol. The molecule has 0 unspecified atom stereocenters. The third-order valence-corrected chi connectivity index (χ3v) is 2.02. The zero-order valence-corrected chi connectivity index (χ0v) is 9.26. The molecule has 1 amide bonds. The fourth-order valence-electron chi connectivity index (χ4n) is 1.41. The monoisotopic (exact) mass is 186 g/mol.